The van der Waals surface area contributed by atoms with Crippen LogP contribution in [0, 0.1) is 0 Å². The summed E-state index contributed by atoms with van der Waals surface area (Å²) in [5.74, 6) is -1.97. The maximum atomic E-state index is 13.4. The van der Waals surface area contributed by atoms with Crippen LogP contribution in [-0.4, -0.2) is 41.6 Å². The molecule has 0 saturated carbocycles. The first-order valence-electron chi connectivity index (χ1n) is 12.9. The van der Waals surface area contributed by atoms with Crippen LogP contribution in [0.3, 0.4) is 0 Å². The summed E-state index contributed by atoms with van der Waals surface area (Å²) in [6, 6.07) is 24.5. The number of carboxylic acids is 1. The molecule has 0 radical (unpaired) electrons. The fourth-order valence-corrected chi connectivity index (χ4v) is 4.97. The van der Waals surface area contributed by atoms with E-state index >= 15 is 0 Å². The molecule has 210 valence electrons. The summed E-state index contributed by atoms with van der Waals surface area (Å²) in [4.78, 5) is 50.0. The van der Waals surface area contributed by atoms with E-state index in [-0.39, 0.29) is 25.5 Å². The molecule has 1 aromatic heterocycles. The second-order valence-corrected chi connectivity index (χ2v) is 10.1. The van der Waals surface area contributed by atoms with E-state index in [4.69, 9.17) is 9.84 Å². The van der Waals surface area contributed by atoms with Gasteiger partial charge in [0.2, 0.25) is 5.91 Å². The Morgan fingerprint density at radius 3 is 2.44 bits per heavy atom. The third-order valence-corrected chi connectivity index (χ3v) is 7.16. The number of hydrogen-bond donors (Lipinski definition) is 4. The zero-order chi connectivity index (χ0) is 29.0. The fourth-order valence-electron chi connectivity index (χ4n) is 4.00. The molecule has 0 unspecified atom stereocenters. The molecule has 0 aliphatic heterocycles. The fraction of sp³-hybridized carbons (Fsp3) is 0.161. The van der Waals surface area contributed by atoms with E-state index < -0.39 is 24.0 Å². The van der Waals surface area contributed by atoms with Gasteiger partial charge in [0.05, 0.1) is 4.88 Å². The van der Waals surface area contributed by atoms with Gasteiger partial charge in [-0.15, -0.1) is 11.3 Å². The monoisotopic (exact) mass is 571 g/mol. The number of carboxylic acid groups (broad SMARTS) is 1. The van der Waals surface area contributed by atoms with Crippen molar-refractivity contribution < 1.29 is 29.0 Å². The average Bonchev–Trinajstić information content (AvgIpc) is 3.42. The van der Waals surface area contributed by atoms with E-state index in [9.17, 15) is 19.2 Å². The minimum atomic E-state index is -1.12. The van der Waals surface area contributed by atoms with Gasteiger partial charge in [0.25, 0.3) is 5.91 Å². The molecule has 3 amide bonds. The number of carbonyl (C=O) groups excluding carboxylic acids is 3. The Morgan fingerprint density at radius 2 is 1.66 bits per heavy atom. The van der Waals surface area contributed by atoms with Crippen molar-refractivity contribution in [2.45, 2.75) is 25.5 Å². The lowest BCUT2D eigenvalue weighted by molar-refractivity contribution is -0.131. The number of thiophene rings is 1. The molecule has 0 fully saturated rings. The van der Waals surface area contributed by atoms with Gasteiger partial charge in [-0.1, -0.05) is 66.7 Å². The first-order chi connectivity index (χ1) is 19.9. The SMILES string of the molecule is O=C(O)C=Cc1ccccc1NC(=O)[C@H](CCCNC(=O)OCc1ccccc1)NC(=O)c1cc2ccccc2s1. The molecule has 41 heavy (non-hydrogen) atoms. The Balaban J connectivity index is 1.40. The summed E-state index contributed by atoms with van der Waals surface area (Å²) in [6.07, 6.45) is 2.39. The van der Waals surface area contributed by atoms with Gasteiger partial charge in [-0.2, -0.15) is 0 Å². The second-order valence-electron chi connectivity index (χ2n) is 9.05. The lowest BCUT2D eigenvalue weighted by Gasteiger charge is -2.19. The molecular formula is C31H29N3O6S. The van der Waals surface area contributed by atoms with E-state index in [1.165, 1.54) is 17.4 Å². The van der Waals surface area contributed by atoms with Gasteiger partial charge >= 0.3 is 12.1 Å². The highest BCUT2D eigenvalue weighted by Gasteiger charge is 2.23. The molecule has 0 bridgehead atoms. The molecule has 0 spiro atoms. The standard InChI is InChI=1S/C31H29N3O6S/c35-28(36)17-16-22-11-4-6-13-24(22)33-29(37)25(34-30(38)27-19-23-12-5-7-15-26(23)41-27)14-8-18-32-31(39)40-20-21-9-2-1-3-10-21/h1-7,9-13,15-17,19,25H,8,14,18,20H2,(H,32,39)(H,33,37)(H,34,38)(H,35,36)/t25-/m0/s1. The third-order valence-electron chi connectivity index (χ3n) is 6.05. The lowest BCUT2D eigenvalue weighted by atomic mass is 10.1. The van der Waals surface area contributed by atoms with Gasteiger partial charge in [-0.25, -0.2) is 9.59 Å². The highest BCUT2D eigenvalue weighted by Crippen LogP contribution is 2.25. The number of aliphatic carboxylic acids is 1. The Labute approximate surface area is 240 Å². The van der Waals surface area contributed by atoms with Crippen molar-refractivity contribution in [1.29, 1.82) is 0 Å². The van der Waals surface area contributed by atoms with Gasteiger partial charge < -0.3 is 25.8 Å². The van der Waals surface area contributed by atoms with Gasteiger partial charge in [0, 0.05) is 23.0 Å². The Hall–Kier alpha value is -4.96. The van der Waals surface area contributed by atoms with Crippen LogP contribution < -0.4 is 16.0 Å². The molecule has 0 saturated heterocycles. The van der Waals surface area contributed by atoms with Crippen LogP contribution >= 0.6 is 11.3 Å². The number of carbonyl (C=O) groups is 4. The van der Waals surface area contributed by atoms with E-state index in [0.717, 1.165) is 21.7 Å². The number of para-hydroxylation sites is 1. The Morgan fingerprint density at radius 1 is 0.927 bits per heavy atom. The third kappa shape index (κ3) is 8.77. The van der Waals surface area contributed by atoms with E-state index in [0.29, 0.717) is 22.5 Å². The molecule has 4 aromatic rings. The normalized spacial score (nSPS) is 11.6. The van der Waals surface area contributed by atoms with Crippen molar-refractivity contribution in [1.82, 2.24) is 10.6 Å². The molecule has 1 atom stereocenters. The molecule has 9 nitrogen and oxygen atoms in total. The van der Waals surface area contributed by atoms with Crippen molar-refractivity contribution in [3.63, 3.8) is 0 Å². The second kappa shape index (κ2) is 14.4. The molecule has 4 rings (SSSR count). The first kappa shape index (κ1) is 29.0. The van der Waals surface area contributed by atoms with Gasteiger partial charge in [0.15, 0.2) is 0 Å². The molecule has 3 aromatic carbocycles. The van der Waals surface area contributed by atoms with Crippen molar-refractivity contribution in [2.75, 3.05) is 11.9 Å². The van der Waals surface area contributed by atoms with Crippen LogP contribution in [0.5, 0.6) is 0 Å². The summed E-state index contributed by atoms with van der Waals surface area (Å²) >= 11 is 1.33. The van der Waals surface area contributed by atoms with Crippen molar-refractivity contribution >= 4 is 57.1 Å². The number of fused-ring (bicyclic) bond motifs is 1. The molecule has 0 aliphatic carbocycles. The van der Waals surface area contributed by atoms with Gasteiger partial charge in [-0.3, -0.25) is 9.59 Å². The number of hydrogen-bond acceptors (Lipinski definition) is 6. The number of rotatable bonds is 12. The zero-order valence-electron chi connectivity index (χ0n) is 22.0. The largest absolute Gasteiger partial charge is 0.478 e. The minimum absolute atomic E-state index is 0.138. The predicted molar refractivity (Wildman–Crippen MR) is 159 cm³/mol. The average molecular weight is 572 g/mol. The molecular weight excluding hydrogens is 542 g/mol. The highest BCUT2D eigenvalue weighted by molar-refractivity contribution is 7.20. The Bertz CT molecular complexity index is 1520. The molecule has 0 aliphatic rings. The summed E-state index contributed by atoms with van der Waals surface area (Å²) in [5, 5.41) is 18.2. The van der Waals surface area contributed by atoms with E-state index in [2.05, 4.69) is 16.0 Å². The molecule has 10 heteroatoms. The van der Waals surface area contributed by atoms with Gasteiger partial charge in [0.1, 0.15) is 12.6 Å². The van der Waals surface area contributed by atoms with Crippen LogP contribution in [0.1, 0.15) is 33.6 Å². The molecule has 1 heterocycles. The maximum absolute atomic E-state index is 13.4. The van der Waals surface area contributed by atoms with Crippen molar-refractivity contribution in [3.05, 3.63) is 107 Å². The number of alkyl carbamates (subject to hydrolysis) is 1. The van der Waals surface area contributed by atoms with Gasteiger partial charge in [-0.05, 0) is 53.6 Å². The smallest absolute Gasteiger partial charge is 0.407 e. The van der Waals surface area contributed by atoms with Crippen LogP contribution in [0.15, 0.2) is 91.0 Å². The van der Waals surface area contributed by atoms with Crippen molar-refractivity contribution in [3.8, 4) is 0 Å². The number of amides is 3. The van der Waals surface area contributed by atoms with E-state index in [1.54, 1.807) is 30.3 Å². The summed E-state index contributed by atoms with van der Waals surface area (Å²) in [6.45, 7) is 0.368. The topological polar surface area (TPSA) is 134 Å². The highest BCUT2D eigenvalue weighted by atomic mass is 32.1. The summed E-state index contributed by atoms with van der Waals surface area (Å²) < 4.78 is 6.17. The van der Waals surface area contributed by atoms with Crippen LogP contribution in [-0.2, 0) is 20.9 Å². The number of benzene rings is 3. The lowest BCUT2D eigenvalue weighted by Crippen LogP contribution is -2.44. The zero-order valence-corrected chi connectivity index (χ0v) is 22.9. The van der Waals surface area contributed by atoms with E-state index in [1.807, 2.05) is 54.6 Å². The predicted octanol–water partition coefficient (Wildman–Crippen LogP) is 5.44. The van der Waals surface area contributed by atoms with Crippen LogP contribution in [0.25, 0.3) is 16.2 Å². The molecule has 4 N–H and O–H groups in total. The maximum Gasteiger partial charge on any atom is 0.407 e. The van der Waals surface area contributed by atoms with Crippen LogP contribution in [0.4, 0.5) is 10.5 Å². The quantitative estimate of drug-likeness (QED) is 0.132. The Kier molecular flexibility index (Phi) is 10.2. The number of ether oxygens (including phenoxy) is 1. The van der Waals surface area contributed by atoms with Crippen LogP contribution in [0.2, 0.25) is 0 Å². The first-order valence-corrected chi connectivity index (χ1v) is 13.8. The summed E-state index contributed by atoms with van der Waals surface area (Å²) in [5.41, 5.74) is 1.77. The number of anilines is 1. The number of nitrogens with one attached hydrogen (secondary N) is 3. The van der Waals surface area contributed by atoms with Crippen molar-refractivity contribution in [2.24, 2.45) is 0 Å². The minimum Gasteiger partial charge on any atom is -0.478 e. The summed E-state index contributed by atoms with van der Waals surface area (Å²) in [7, 11) is 0.